The van der Waals surface area contributed by atoms with Gasteiger partial charge >= 0.3 is 5.69 Å². The van der Waals surface area contributed by atoms with E-state index in [2.05, 4.69) is 0 Å². The topological polar surface area (TPSA) is 80.1 Å². The molecule has 26 heavy (non-hydrogen) atoms. The highest BCUT2D eigenvalue weighted by molar-refractivity contribution is 5.79. The van der Waals surface area contributed by atoms with Gasteiger partial charge in [0.2, 0.25) is 5.75 Å². The Morgan fingerprint density at radius 2 is 1.54 bits per heavy atom. The van der Waals surface area contributed by atoms with Crippen molar-refractivity contribution in [2.24, 2.45) is 0 Å². The smallest absolute Gasteiger partial charge is 0.311 e. The SMILES string of the molecule is COc1ccc(/C(F)=C\c2cc(OC)c(OC)c(OC)c2)cc1[N+](=O)[O-]. The van der Waals surface area contributed by atoms with Crippen molar-refractivity contribution in [3.05, 3.63) is 51.6 Å². The summed E-state index contributed by atoms with van der Waals surface area (Å²) >= 11 is 0. The summed E-state index contributed by atoms with van der Waals surface area (Å²) in [4.78, 5) is 10.5. The first-order valence-corrected chi connectivity index (χ1v) is 7.45. The molecule has 2 rings (SSSR count). The lowest BCUT2D eigenvalue weighted by Crippen LogP contribution is -1.96. The average molecular weight is 363 g/mol. The van der Waals surface area contributed by atoms with Crippen molar-refractivity contribution >= 4 is 17.6 Å². The maximum atomic E-state index is 14.6. The third-order valence-corrected chi connectivity index (χ3v) is 3.63. The van der Waals surface area contributed by atoms with E-state index in [-0.39, 0.29) is 17.0 Å². The minimum atomic E-state index is -0.662. The third-order valence-electron chi connectivity index (χ3n) is 3.63. The number of nitro benzene ring substituents is 1. The molecule has 2 aromatic rings. The minimum absolute atomic E-state index is 0.0475. The first-order valence-electron chi connectivity index (χ1n) is 7.45. The Balaban J connectivity index is 2.50. The van der Waals surface area contributed by atoms with Crippen LogP contribution in [0.4, 0.5) is 10.1 Å². The predicted octanol–water partition coefficient (Wildman–Crippen LogP) is 4.10. The number of methoxy groups -OCH3 is 4. The van der Waals surface area contributed by atoms with Crippen LogP contribution in [0.15, 0.2) is 30.3 Å². The molecular formula is C18H18FNO6. The number of hydrogen-bond acceptors (Lipinski definition) is 6. The molecule has 2 aromatic carbocycles. The maximum Gasteiger partial charge on any atom is 0.311 e. The van der Waals surface area contributed by atoms with E-state index in [1.54, 1.807) is 12.1 Å². The second-order valence-electron chi connectivity index (χ2n) is 5.09. The number of hydrogen-bond donors (Lipinski definition) is 0. The van der Waals surface area contributed by atoms with Gasteiger partial charge in [0.1, 0.15) is 5.83 Å². The molecule has 8 heteroatoms. The van der Waals surface area contributed by atoms with E-state index in [0.717, 1.165) is 6.07 Å². The molecule has 0 saturated carbocycles. The van der Waals surface area contributed by atoms with Crippen LogP contribution in [-0.2, 0) is 0 Å². The molecule has 138 valence electrons. The van der Waals surface area contributed by atoms with Crippen LogP contribution in [0.2, 0.25) is 0 Å². The van der Waals surface area contributed by atoms with Crippen LogP contribution < -0.4 is 18.9 Å². The van der Waals surface area contributed by atoms with E-state index >= 15 is 0 Å². The van der Waals surface area contributed by atoms with E-state index in [0.29, 0.717) is 22.8 Å². The highest BCUT2D eigenvalue weighted by Gasteiger charge is 2.17. The minimum Gasteiger partial charge on any atom is -0.493 e. The molecule has 0 spiro atoms. The van der Waals surface area contributed by atoms with Gasteiger partial charge in [-0.05, 0) is 35.9 Å². The van der Waals surface area contributed by atoms with E-state index in [9.17, 15) is 14.5 Å². The zero-order chi connectivity index (χ0) is 19.3. The molecule has 0 aliphatic heterocycles. The van der Waals surface area contributed by atoms with Gasteiger partial charge in [-0.2, -0.15) is 0 Å². The molecule has 0 aromatic heterocycles. The Labute approximate surface area is 149 Å². The average Bonchev–Trinajstić information content (AvgIpc) is 2.66. The van der Waals surface area contributed by atoms with Gasteiger partial charge in [0.25, 0.3) is 0 Å². The van der Waals surface area contributed by atoms with Gasteiger partial charge in [0, 0.05) is 11.6 Å². The molecule has 7 nitrogen and oxygen atoms in total. The van der Waals surface area contributed by atoms with Crippen molar-refractivity contribution in [2.45, 2.75) is 0 Å². The quantitative estimate of drug-likeness (QED) is 0.419. The van der Waals surface area contributed by atoms with Crippen molar-refractivity contribution in [3.8, 4) is 23.0 Å². The fourth-order valence-electron chi connectivity index (χ4n) is 2.40. The molecular weight excluding hydrogens is 345 g/mol. The number of halogens is 1. The first kappa shape index (κ1) is 19.0. The van der Waals surface area contributed by atoms with Gasteiger partial charge in [-0.1, -0.05) is 0 Å². The molecule has 0 bridgehead atoms. The fraction of sp³-hybridized carbons (Fsp3) is 0.222. The molecule has 0 heterocycles. The monoisotopic (exact) mass is 363 g/mol. The fourth-order valence-corrected chi connectivity index (χ4v) is 2.40. The standard InChI is InChI=1S/C18H18FNO6/c1-23-15-6-5-12(10-14(15)20(21)22)13(19)7-11-8-16(24-2)18(26-4)17(9-11)25-3/h5-10H,1-4H3/b13-7+. The van der Waals surface area contributed by atoms with Crippen LogP contribution in [-0.4, -0.2) is 33.4 Å². The number of ether oxygens (including phenoxy) is 4. The third kappa shape index (κ3) is 3.85. The molecule has 0 aliphatic rings. The zero-order valence-electron chi connectivity index (χ0n) is 14.7. The lowest BCUT2D eigenvalue weighted by atomic mass is 10.1. The molecule has 0 saturated heterocycles. The molecule has 0 radical (unpaired) electrons. The normalized spacial score (nSPS) is 11.0. The van der Waals surface area contributed by atoms with Crippen molar-refractivity contribution in [2.75, 3.05) is 28.4 Å². The van der Waals surface area contributed by atoms with Gasteiger partial charge in [-0.3, -0.25) is 10.1 Å². The Morgan fingerprint density at radius 3 is 2.00 bits per heavy atom. The summed E-state index contributed by atoms with van der Waals surface area (Å²) in [6.07, 6.45) is 1.22. The zero-order valence-corrected chi connectivity index (χ0v) is 14.7. The van der Waals surface area contributed by atoms with Crippen molar-refractivity contribution in [1.29, 1.82) is 0 Å². The molecule has 0 amide bonds. The lowest BCUT2D eigenvalue weighted by Gasteiger charge is -2.13. The summed E-state index contributed by atoms with van der Waals surface area (Å²) < 4.78 is 35.2. The summed E-state index contributed by atoms with van der Waals surface area (Å²) in [6.45, 7) is 0. The van der Waals surface area contributed by atoms with Crippen molar-refractivity contribution in [3.63, 3.8) is 0 Å². The molecule has 0 atom stereocenters. The predicted molar refractivity (Wildman–Crippen MR) is 94.7 cm³/mol. The van der Waals surface area contributed by atoms with E-state index < -0.39 is 10.8 Å². The number of rotatable bonds is 7. The highest BCUT2D eigenvalue weighted by Crippen LogP contribution is 2.39. The Kier molecular flexibility index (Phi) is 6.00. The summed E-state index contributed by atoms with van der Waals surface area (Å²) in [5.41, 5.74) is 0.167. The van der Waals surface area contributed by atoms with Crippen LogP contribution in [0.5, 0.6) is 23.0 Å². The summed E-state index contributed by atoms with van der Waals surface area (Å²) in [6, 6.07) is 6.99. The van der Waals surface area contributed by atoms with E-state index in [1.807, 2.05) is 0 Å². The second-order valence-corrected chi connectivity index (χ2v) is 5.09. The van der Waals surface area contributed by atoms with E-state index in [1.165, 1.54) is 46.6 Å². The van der Waals surface area contributed by atoms with Crippen LogP contribution in [0.1, 0.15) is 11.1 Å². The summed E-state index contributed by atoms with van der Waals surface area (Å²) in [5.74, 6) is 0.509. The van der Waals surface area contributed by atoms with Gasteiger partial charge in [0.15, 0.2) is 17.2 Å². The second kappa shape index (κ2) is 8.19. The van der Waals surface area contributed by atoms with Gasteiger partial charge in [-0.25, -0.2) is 4.39 Å². The first-order chi connectivity index (χ1) is 12.4. The molecule has 0 aliphatic carbocycles. The highest BCUT2D eigenvalue weighted by atomic mass is 19.1. The van der Waals surface area contributed by atoms with Gasteiger partial charge < -0.3 is 18.9 Å². The van der Waals surface area contributed by atoms with Crippen LogP contribution >= 0.6 is 0 Å². The van der Waals surface area contributed by atoms with Crippen LogP contribution in [0.3, 0.4) is 0 Å². The lowest BCUT2D eigenvalue weighted by molar-refractivity contribution is -0.385. The molecule has 0 unspecified atom stereocenters. The Morgan fingerprint density at radius 1 is 0.962 bits per heavy atom. The maximum absolute atomic E-state index is 14.6. The Hall–Kier alpha value is -3.29. The van der Waals surface area contributed by atoms with Crippen LogP contribution in [0.25, 0.3) is 11.9 Å². The number of nitrogens with zero attached hydrogens (tertiary/aromatic N) is 1. The Bertz CT molecular complexity index is 825. The van der Waals surface area contributed by atoms with Crippen molar-refractivity contribution < 1.29 is 28.3 Å². The van der Waals surface area contributed by atoms with Gasteiger partial charge in [0.05, 0.1) is 33.4 Å². The van der Waals surface area contributed by atoms with E-state index in [4.69, 9.17) is 18.9 Å². The molecule has 0 N–H and O–H groups in total. The van der Waals surface area contributed by atoms with Crippen LogP contribution in [0, 0.1) is 10.1 Å². The van der Waals surface area contributed by atoms with Crippen molar-refractivity contribution in [1.82, 2.24) is 0 Å². The summed E-state index contributed by atoms with van der Waals surface area (Å²) in [7, 11) is 5.68. The molecule has 0 fully saturated rings. The number of benzene rings is 2. The summed E-state index contributed by atoms with van der Waals surface area (Å²) in [5, 5.41) is 11.1. The van der Waals surface area contributed by atoms with Gasteiger partial charge in [-0.15, -0.1) is 0 Å². The largest absolute Gasteiger partial charge is 0.493 e. The number of nitro groups is 1.